The summed E-state index contributed by atoms with van der Waals surface area (Å²) >= 11 is 0. The summed E-state index contributed by atoms with van der Waals surface area (Å²) in [5, 5.41) is 9.20. The number of carboxylic acids is 1. The van der Waals surface area contributed by atoms with Crippen LogP contribution >= 0.6 is 0 Å². The highest BCUT2D eigenvalue weighted by Gasteiger charge is 2.39. The standard InChI is InChI=1S/C13H20N2O4/c1-14-6-7-15(8-11(14)16)12(17)9-4-2-3-5-10(9)13(18)19/h9-10H,2-8H2,1H3,(H,18,19). The van der Waals surface area contributed by atoms with Gasteiger partial charge in [-0.1, -0.05) is 12.8 Å². The van der Waals surface area contributed by atoms with Gasteiger partial charge >= 0.3 is 5.97 Å². The topological polar surface area (TPSA) is 77.9 Å². The van der Waals surface area contributed by atoms with E-state index in [4.69, 9.17) is 0 Å². The molecule has 1 saturated heterocycles. The Kier molecular flexibility index (Phi) is 4.07. The monoisotopic (exact) mass is 268 g/mol. The quantitative estimate of drug-likeness (QED) is 0.775. The Morgan fingerprint density at radius 3 is 2.37 bits per heavy atom. The van der Waals surface area contributed by atoms with Crippen LogP contribution in [0.5, 0.6) is 0 Å². The van der Waals surface area contributed by atoms with Gasteiger partial charge in [0.15, 0.2) is 0 Å². The fourth-order valence-corrected chi connectivity index (χ4v) is 2.90. The molecule has 1 N–H and O–H groups in total. The van der Waals surface area contributed by atoms with Gasteiger partial charge < -0.3 is 14.9 Å². The number of hydrogen-bond donors (Lipinski definition) is 1. The minimum Gasteiger partial charge on any atom is -0.481 e. The lowest BCUT2D eigenvalue weighted by atomic mass is 9.78. The number of carbonyl (C=O) groups excluding carboxylic acids is 2. The van der Waals surface area contributed by atoms with E-state index in [9.17, 15) is 19.5 Å². The maximum Gasteiger partial charge on any atom is 0.307 e. The van der Waals surface area contributed by atoms with Crippen molar-refractivity contribution in [3.63, 3.8) is 0 Å². The Labute approximate surface area is 112 Å². The number of carboxylic acid groups (broad SMARTS) is 1. The first-order chi connectivity index (χ1) is 9.00. The van der Waals surface area contributed by atoms with Gasteiger partial charge in [0.1, 0.15) is 0 Å². The molecule has 6 nitrogen and oxygen atoms in total. The average molecular weight is 268 g/mol. The van der Waals surface area contributed by atoms with Crippen LogP contribution in [0.25, 0.3) is 0 Å². The highest BCUT2D eigenvalue weighted by atomic mass is 16.4. The molecule has 6 heteroatoms. The molecule has 1 aliphatic carbocycles. The van der Waals surface area contributed by atoms with Gasteiger partial charge in [-0.3, -0.25) is 14.4 Å². The third-order valence-corrected chi connectivity index (χ3v) is 4.17. The number of piperazine rings is 1. The first-order valence-corrected chi connectivity index (χ1v) is 6.76. The molecule has 1 saturated carbocycles. The van der Waals surface area contributed by atoms with E-state index in [1.165, 1.54) is 4.90 Å². The van der Waals surface area contributed by atoms with E-state index in [-0.39, 0.29) is 18.4 Å². The first kappa shape index (κ1) is 13.8. The highest BCUT2D eigenvalue weighted by molar-refractivity contribution is 5.89. The maximum atomic E-state index is 12.4. The zero-order chi connectivity index (χ0) is 14.0. The minimum atomic E-state index is -0.890. The van der Waals surface area contributed by atoms with Crippen LogP contribution in [0.15, 0.2) is 0 Å². The molecule has 0 spiro atoms. The van der Waals surface area contributed by atoms with Crippen molar-refractivity contribution in [2.45, 2.75) is 25.7 Å². The SMILES string of the molecule is CN1CCN(C(=O)C2CCCCC2C(=O)O)CC1=O. The van der Waals surface area contributed by atoms with Crippen LogP contribution in [-0.4, -0.2) is 59.4 Å². The smallest absolute Gasteiger partial charge is 0.307 e. The molecule has 1 heterocycles. The lowest BCUT2D eigenvalue weighted by molar-refractivity contribution is -0.155. The van der Waals surface area contributed by atoms with Gasteiger partial charge in [0.2, 0.25) is 11.8 Å². The van der Waals surface area contributed by atoms with Crippen molar-refractivity contribution < 1.29 is 19.5 Å². The van der Waals surface area contributed by atoms with Crippen LogP contribution in [0.1, 0.15) is 25.7 Å². The summed E-state index contributed by atoms with van der Waals surface area (Å²) in [6.07, 6.45) is 2.94. The number of nitrogens with zero attached hydrogens (tertiary/aromatic N) is 2. The van der Waals surface area contributed by atoms with Crippen LogP contribution in [-0.2, 0) is 14.4 Å². The predicted molar refractivity (Wildman–Crippen MR) is 67.3 cm³/mol. The van der Waals surface area contributed by atoms with Crippen molar-refractivity contribution in [1.29, 1.82) is 0 Å². The van der Waals surface area contributed by atoms with Crippen LogP contribution < -0.4 is 0 Å². The van der Waals surface area contributed by atoms with Gasteiger partial charge in [0, 0.05) is 20.1 Å². The number of carbonyl (C=O) groups is 3. The Balaban J connectivity index is 2.05. The van der Waals surface area contributed by atoms with Crippen molar-refractivity contribution in [1.82, 2.24) is 9.80 Å². The van der Waals surface area contributed by atoms with Crippen LogP contribution in [0.3, 0.4) is 0 Å². The summed E-state index contributed by atoms with van der Waals surface area (Å²) in [6, 6.07) is 0. The zero-order valence-corrected chi connectivity index (χ0v) is 11.2. The Bertz CT molecular complexity index is 396. The van der Waals surface area contributed by atoms with Crippen LogP contribution in [0.2, 0.25) is 0 Å². The molecule has 0 aromatic rings. The number of rotatable bonds is 2. The molecule has 106 valence electrons. The Morgan fingerprint density at radius 1 is 1.16 bits per heavy atom. The van der Waals surface area contributed by atoms with E-state index in [0.717, 1.165) is 12.8 Å². The summed E-state index contributed by atoms with van der Waals surface area (Å²) in [5.74, 6) is -2.17. The van der Waals surface area contributed by atoms with Crippen molar-refractivity contribution in [2.75, 3.05) is 26.7 Å². The molecular weight excluding hydrogens is 248 g/mol. The van der Waals surface area contributed by atoms with Gasteiger partial charge in [0.05, 0.1) is 18.4 Å². The van der Waals surface area contributed by atoms with Gasteiger partial charge in [0.25, 0.3) is 0 Å². The predicted octanol–water partition coefficient (Wildman–Crippen LogP) is 0.178. The van der Waals surface area contributed by atoms with Gasteiger partial charge in [-0.05, 0) is 12.8 Å². The first-order valence-electron chi connectivity index (χ1n) is 6.76. The Hall–Kier alpha value is -1.59. The molecule has 2 amide bonds. The number of aliphatic carboxylic acids is 1. The van der Waals surface area contributed by atoms with Crippen molar-refractivity contribution >= 4 is 17.8 Å². The molecule has 19 heavy (non-hydrogen) atoms. The van der Waals surface area contributed by atoms with E-state index >= 15 is 0 Å². The van der Waals surface area contributed by atoms with Crippen molar-refractivity contribution in [2.24, 2.45) is 11.8 Å². The fraction of sp³-hybridized carbons (Fsp3) is 0.769. The van der Waals surface area contributed by atoms with Gasteiger partial charge in [-0.15, -0.1) is 0 Å². The Morgan fingerprint density at radius 2 is 1.79 bits per heavy atom. The van der Waals surface area contributed by atoms with Gasteiger partial charge in [-0.2, -0.15) is 0 Å². The summed E-state index contributed by atoms with van der Waals surface area (Å²) in [6.45, 7) is 1.11. The summed E-state index contributed by atoms with van der Waals surface area (Å²) in [7, 11) is 1.71. The second-order valence-corrected chi connectivity index (χ2v) is 5.41. The average Bonchev–Trinajstić information content (AvgIpc) is 2.41. The second-order valence-electron chi connectivity index (χ2n) is 5.41. The normalized spacial score (nSPS) is 28.4. The molecule has 2 aliphatic rings. The molecule has 0 radical (unpaired) electrons. The summed E-state index contributed by atoms with van der Waals surface area (Å²) < 4.78 is 0. The largest absolute Gasteiger partial charge is 0.481 e. The molecule has 2 rings (SSSR count). The van der Waals surface area contributed by atoms with E-state index in [0.29, 0.717) is 25.9 Å². The molecular formula is C13H20N2O4. The van der Waals surface area contributed by atoms with E-state index < -0.39 is 17.8 Å². The molecule has 0 bridgehead atoms. The van der Waals surface area contributed by atoms with E-state index in [2.05, 4.69) is 0 Å². The molecule has 0 aromatic heterocycles. The molecule has 0 aromatic carbocycles. The lowest BCUT2D eigenvalue weighted by Crippen LogP contribution is -2.53. The van der Waals surface area contributed by atoms with Crippen LogP contribution in [0, 0.1) is 11.8 Å². The number of hydrogen-bond acceptors (Lipinski definition) is 3. The van der Waals surface area contributed by atoms with Crippen molar-refractivity contribution in [3.8, 4) is 0 Å². The molecule has 2 unspecified atom stereocenters. The van der Waals surface area contributed by atoms with E-state index in [1.807, 2.05) is 0 Å². The number of amides is 2. The third-order valence-electron chi connectivity index (χ3n) is 4.17. The van der Waals surface area contributed by atoms with Gasteiger partial charge in [-0.25, -0.2) is 0 Å². The number of likely N-dealkylation sites (N-methyl/N-ethyl adjacent to an activating group) is 1. The minimum absolute atomic E-state index is 0.0812. The lowest BCUT2D eigenvalue weighted by Gasteiger charge is -2.36. The molecule has 1 aliphatic heterocycles. The van der Waals surface area contributed by atoms with E-state index in [1.54, 1.807) is 11.9 Å². The molecule has 2 fully saturated rings. The van der Waals surface area contributed by atoms with Crippen molar-refractivity contribution in [3.05, 3.63) is 0 Å². The van der Waals surface area contributed by atoms with Crippen LogP contribution in [0.4, 0.5) is 0 Å². The summed E-state index contributed by atoms with van der Waals surface area (Å²) in [4.78, 5) is 38.4. The maximum absolute atomic E-state index is 12.4. The third kappa shape index (κ3) is 2.88. The molecule has 2 atom stereocenters. The summed E-state index contributed by atoms with van der Waals surface area (Å²) in [5.41, 5.74) is 0. The zero-order valence-electron chi connectivity index (χ0n) is 11.2. The fourth-order valence-electron chi connectivity index (χ4n) is 2.90. The second kappa shape index (κ2) is 5.59. The highest BCUT2D eigenvalue weighted by Crippen LogP contribution is 2.32.